The lowest BCUT2D eigenvalue weighted by molar-refractivity contribution is -0.196. The molecule has 5 rings (SSSR count). The Morgan fingerprint density at radius 3 is 2.24 bits per heavy atom. The summed E-state index contributed by atoms with van der Waals surface area (Å²) in [5.41, 5.74) is 3.04. The number of ketones is 4. The van der Waals surface area contributed by atoms with Gasteiger partial charge in [-0.3, -0.25) is 28.9 Å². The number of carbonyl (C=O) groups excluding carboxylic acids is 5. The van der Waals surface area contributed by atoms with E-state index in [2.05, 4.69) is 0 Å². The Balaban J connectivity index is 1.69. The molecule has 10 nitrogen and oxygen atoms in total. The summed E-state index contributed by atoms with van der Waals surface area (Å²) in [7, 11) is 2.93. The Hall–Kier alpha value is -2.95. The molecule has 0 spiro atoms. The Labute approximate surface area is 220 Å². The number of aliphatic hydroxyl groups is 2. The summed E-state index contributed by atoms with van der Waals surface area (Å²) in [6, 6.07) is 2.16. The van der Waals surface area contributed by atoms with Gasteiger partial charge < -0.3 is 21.1 Å². The Bertz CT molecular complexity index is 1280. The molecule has 204 valence electrons. The summed E-state index contributed by atoms with van der Waals surface area (Å²) in [5.74, 6) is -12.9. The molecule has 38 heavy (non-hydrogen) atoms. The van der Waals surface area contributed by atoms with Crippen LogP contribution >= 0.6 is 0 Å². The van der Waals surface area contributed by atoms with Crippen molar-refractivity contribution >= 4 is 29.0 Å². The van der Waals surface area contributed by atoms with Crippen LogP contribution in [0.4, 0.5) is 0 Å². The van der Waals surface area contributed by atoms with Crippen LogP contribution in [0.3, 0.4) is 0 Å². The van der Waals surface area contributed by atoms with Crippen LogP contribution < -0.4 is 5.73 Å². The summed E-state index contributed by atoms with van der Waals surface area (Å²) in [6.07, 6.45) is 2.00. The van der Waals surface area contributed by atoms with Crippen molar-refractivity contribution < 1.29 is 39.3 Å². The van der Waals surface area contributed by atoms with Crippen molar-refractivity contribution in [1.29, 1.82) is 0 Å². The minimum Gasteiger partial charge on any atom is -0.507 e. The minimum absolute atomic E-state index is 0.0399. The van der Waals surface area contributed by atoms with Crippen LogP contribution in [0, 0.1) is 23.7 Å². The van der Waals surface area contributed by atoms with Crippen LogP contribution in [0.5, 0.6) is 5.75 Å². The first-order valence-electron chi connectivity index (χ1n) is 13.1. The molecular formula is C28H34N2O8. The molecule has 0 saturated heterocycles. The monoisotopic (exact) mass is 526 g/mol. The molecule has 0 heterocycles. The van der Waals surface area contributed by atoms with Crippen molar-refractivity contribution in [3.05, 3.63) is 28.8 Å². The second-order valence-corrected chi connectivity index (χ2v) is 12.1. The van der Waals surface area contributed by atoms with Crippen molar-refractivity contribution in [3.8, 4) is 5.75 Å². The Morgan fingerprint density at radius 2 is 1.68 bits per heavy atom. The van der Waals surface area contributed by atoms with Gasteiger partial charge in [0, 0.05) is 11.5 Å². The molecule has 0 bridgehead atoms. The summed E-state index contributed by atoms with van der Waals surface area (Å²) >= 11 is 0. The van der Waals surface area contributed by atoms with Gasteiger partial charge in [-0.15, -0.1) is 0 Å². The lowest BCUT2D eigenvalue weighted by Gasteiger charge is -2.56. The maximum Gasteiger partial charge on any atom is 0.235 e. The maximum atomic E-state index is 14.0. The van der Waals surface area contributed by atoms with Gasteiger partial charge in [0.1, 0.15) is 5.75 Å². The smallest absolute Gasteiger partial charge is 0.235 e. The van der Waals surface area contributed by atoms with E-state index in [1.54, 1.807) is 19.1 Å². The molecule has 1 amide bonds. The zero-order valence-corrected chi connectivity index (χ0v) is 21.9. The average molecular weight is 527 g/mol. The zero-order valence-electron chi connectivity index (χ0n) is 21.9. The molecule has 5 N–H and O–H groups in total. The number of amides is 1. The summed E-state index contributed by atoms with van der Waals surface area (Å²) < 4.78 is 0. The van der Waals surface area contributed by atoms with Crippen molar-refractivity contribution in [3.63, 3.8) is 0 Å². The van der Waals surface area contributed by atoms with Gasteiger partial charge in [-0.25, -0.2) is 0 Å². The number of primary amides is 1. The van der Waals surface area contributed by atoms with Crippen LogP contribution in [-0.2, 0) is 24.6 Å². The fourth-order valence-electron chi connectivity index (χ4n) is 7.90. The highest BCUT2D eigenvalue weighted by Gasteiger charge is 2.73. The number of fused-ring (bicyclic) bond motifs is 3. The molecule has 0 aliphatic heterocycles. The number of aliphatic hydroxyl groups excluding tert-OH is 1. The average Bonchev–Trinajstić information content (AvgIpc) is 3.28. The van der Waals surface area contributed by atoms with E-state index in [-0.39, 0.29) is 16.7 Å². The van der Waals surface area contributed by atoms with Crippen LogP contribution in [0.25, 0.3) is 0 Å². The van der Waals surface area contributed by atoms with Crippen LogP contribution in [-0.4, -0.2) is 81.1 Å². The SMILES string of the molecule is C[C@H]1c2ccc(C3(C)CCCC3)c(O)c2C(=O)C2C(=O)[C@]3(O)C(=O)C(C(N)=O)C(=O)[C@@H](N(C)C)[C@@H]3[C@@H](O)[C@@H]21. The number of carbonyl (C=O) groups is 5. The van der Waals surface area contributed by atoms with Crippen LogP contribution in [0.15, 0.2) is 12.1 Å². The van der Waals surface area contributed by atoms with Crippen LogP contribution in [0.1, 0.15) is 66.9 Å². The summed E-state index contributed by atoms with van der Waals surface area (Å²) in [4.78, 5) is 68.1. The third-order valence-electron chi connectivity index (χ3n) is 9.85. The highest BCUT2D eigenvalue weighted by molar-refractivity contribution is 6.32. The Morgan fingerprint density at radius 1 is 1.08 bits per heavy atom. The third kappa shape index (κ3) is 3.20. The fraction of sp³-hybridized carbons (Fsp3) is 0.607. The molecule has 4 aliphatic rings. The second kappa shape index (κ2) is 8.53. The number of nitrogens with two attached hydrogens (primary N) is 1. The van der Waals surface area contributed by atoms with Gasteiger partial charge in [0.2, 0.25) is 5.91 Å². The highest BCUT2D eigenvalue weighted by atomic mass is 16.3. The number of hydrogen-bond donors (Lipinski definition) is 4. The normalized spacial score (nSPS) is 38.1. The number of benzene rings is 1. The number of hydrogen-bond acceptors (Lipinski definition) is 9. The van der Waals surface area contributed by atoms with E-state index in [9.17, 15) is 39.3 Å². The van der Waals surface area contributed by atoms with Crippen LogP contribution in [0.2, 0.25) is 0 Å². The second-order valence-electron chi connectivity index (χ2n) is 12.1. The molecule has 3 saturated carbocycles. The van der Waals surface area contributed by atoms with E-state index in [0.717, 1.165) is 25.7 Å². The number of aromatic hydroxyl groups is 1. The standard InChI is InChI=1S/C28H34N2O8/c1-11-12-7-8-13(27(2)9-5-6-10-27)20(31)15(12)21(32)16-14(11)22(33)18-19(30(3)4)23(34)17(26(29)37)25(36)28(18,38)24(16)35/h7-8,11,14,16-19,22,31,33,38H,5-6,9-10H2,1-4H3,(H2,29,37)/t11-,14+,16?,17?,18+,19-,22-,28-/m0/s1. The van der Waals surface area contributed by atoms with Gasteiger partial charge in [0.25, 0.3) is 0 Å². The molecule has 1 aromatic rings. The molecule has 10 heteroatoms. The van der Waals surface area contributed by atoms with Gasteiger partial charge in [-0.05, 0) is 43.8 Å². The molecule has 0 aromatic heterocycles. The predicted molar refractivity (Wildman–Crippen MR) is 133 cm³/mol. The lowest BCUT2D eigenvalue weighted by atomic mass is 9.49. The number of likely N-dealkylation sites (N-methyl/N-ethyl adjacent to an activating group) is 1. The summed E-state index contributed by atoms with van der Waals surface area (Å²) in [5, 5.41) is 34.7. The topological polar surface area (TPSA) is 175 Å². The molecular weight excluding hydrogens is 492 g/mol. The van der Waals surface area contributed by atoms with Crippen molar-refractivity contribution in [1.82, 2.24) is 4.90 Å². The minimum atomic E-state index is -2.99. The largest absolute Gasteiger partial charge is 0.507 e. The van der Waals surface area contributed by atoms with Gasteiger partial charge in [-0.1, -0.05) is 38.8 Å². The van der Waals surface area contributed by atoms with Crippen molar-refractivity contribution in [2.24, 2.45) is 29.4 Å². The fourth-order valence-corrected chi connectivity index (χ4v) is 7.90. The Kier molecular flexibility index (Phi) is 5.98. The van der Waals surface area contributed by atoms with Gasteiger partial charge >= 0.3 is 0 Å². The van der Waals surface area contributed by atoms with E-state index in [0.29, 0.717) is 11.1 Å². The number of rotatable bonds is 3. The molecule has 0 radical (unpaired) electrons. The van der Waals surface area contributed by atoms with Gasteiger partial charge in [0.15, 0.2) is 34.7 Å². The molecule has 2 unspecified atom stereocenters. The number of phenolic OH excluding ortho intramolecular Hbond substituents is 1. The molecule has 3 fully saturated rings. The first-order chi connectivity index (χ1) is 17.7. The number of Topliss-reactive ketones (excluding diaryl/α,β-unsaturated/α-hetero) is 4. The van der Waals surface area contributed by atoms with E-state index in [1.807, 2.05) is 6.92 Å². The molecule has 8 atom stereocenters. The molecule has 1 aromatic carbocycles. The van der Waals surface area contributed by atoms with Gasteiger partial charge in [0.05, 0.1) is 29.5 Å². The van der Waals surface area contributed by atoms with Gasteiger partial charge in [-0.2, -0.15) is 0 Å². The summed E-state index contributed by atoms with van der Waals surface area (Å²) in [6.45, 7) is 3.73. The quantitative estimate of drug-likeness (QED) is 0.402. The number of nitrogens with zero attached hydrogens (tertiary/aromatic N) is 1. The van der Waals surface area contributed by atoms with E-state index in [1.165, 1.54) is 19.0 Å². The highest BCUT2D eigenvalue weighted by Crippen LogP contribution is 2.56. The predicted octanol–water partition coefficient (Wildman–Crippen LogP) is 0.231. The third-order valence-corrected chi connectivity index (χ3v) is 9.85. The van der Waals surface area contributed by atoms with Crippen molar-refractivity contribution in [2.45, 2.75) is 68.6 Å². The van der Waals surface area contributed by atoms with E-state index >= 15 is 0 Å². The first-order valence-corrected chi connectivity index (χ1v) is 13.1. The molecule has 4 aliphatic carbocycles. The van der Waals surface area contributed by atoms with Crippen molar-refractivity contribution in [2.75, 3.05) is 14.1 Å². The lowest BCUT2D eigenvalue weighted by Crippen LogP contribution is -2.77. The van der Waals surface area contributed by atoms with E-state index in [4.69, 9.17) is 5.73 Å². The maximum absolute atomic E-state index is 14.0. The number of phenols is 1. The van der Waals surface area contributed by atoms with E-state index < -0.39 is 76.4 Å². The first kappa shape index (κ1) is 26.6. The zero-order chi connectivity index (χ0) is 28.1.